The summed E-state index contributed by atoms with van der Waals surface area (Å²) in [6.07, 6.45) is -1.01. The Hall–Kier alpha value is -4.29. The lowest BCUT2D eigenvalue weighted by Crippen LogP contribution is -2.27. The number of fused-ring (bicyclic) bond motifs is 2. The lowest BCUT2D eigenvalue weighted by atomic mass is 10.1. The molecule has 0 aliphatic rings. The predicted octanol–water partition coefficient (Wildman–Crippen LogP) is 3.88. The molecule has 0 saturated carbocycles. The highest BCUT2D eigenvalue weighted by Crippen LogP contribution is 2.29. The number of carbonyl (C=O) groups excluding carboxylic acids is 1. The Balaban J connectivity index is 1.47. The maximum Gasteiger partial charge on any atom is 0.432 e. The number of amides is 1. The fraction of sp³-hybridized carbons (Fsp3) is 0.190. The highest BCUT2D eigenvalue weighted by Gasteiger charge is 2.33. The Morgan fingerprint density at radius 1 is 1.21 bits per heavy atom. The van der Waals surface area contributed by atoms with Crippen LogP contribution in [0.5, 0.6) is 0 Å². The van der Waals surface area contributed by atoms with Gasteiger partial charge in [-0.05, 0) is 25.1 Å². The van der Waals surface area contributed by atoms with Crippen LogP contribution in [0, 0.1) is 5.82 Å². The first kappa shape index (κ1) is 21.6. The van der Waals surface area contributed by atoms with E-state index in [4.69, 9.17) is 0 Å². The van der Waals surface area contributed by atoms with Gasteiger partial charge in [0.05, 0.1) is 29.5 Å². The van der Waals surface area contributed by atoms with E-state index in [0.29, 0.717) is 34.1 Å². The summed E-state index contributed by atoms with van der Waals surface area (Å²) in [5.74, 6) is -1.02. The Morgan fingerprint density at radius 3 is 2.74 bits per heavy atom. The summed E-state index contributed by atoms with van der Waals surface area (Å²) < 4.78 is 53.6. The number of nitrogens with one attached hydrogen (secondary N) is 3. The minimum Gasteiger partial charge on any atom is -0.344 e. The molecule has 4 aromatic heterocycles. The van der Waals surface area contributed by atoms with E-state index in [1.165, 1.54) is 36.1 Å². The number of halogens is 4. The molecule has 0 aliphatic carbocycles. The second-order valence-corrected chi connectivity index (χ2v) is 7.66. The number of nitrogens with zero attached hydrogens (tertiary/aromatic N) is 5. The van der Waals surface area contributed by atoms with Crippen LogP contribution < -0.4 is 5.32 Å². The molecule has 34 heavy (non-hydrogen) atoms. The van der Waals surface area contributed by atoms with Crippen molar-refractivity contribution in [2.45, 2.75) is 19.1 Å². The van der Waals surface area contributed by atoms with E-state index in [2.05, 4.69) is 35.3 Å². The third kappa shape index (κ3) is 3.64. The fourth-order valence-corrected chi connectivity index (χ4v) is 3.64. The number of carbonyl (C=O) groups is 1. The molecule has 9 nitrogen and oxygen atoms in total. The Bertz CT molecular complexity index is 1550. The number of H-pyrrole nitrogens is 2. The molecule has 4 heterocycles. The summed E-state index contributed by atoms with van der Waals surface area (Å²) in [4.78, 5) is 30.4. The average Bonchev–Trinajstić information content (AvgIpc) is 3.50. The first-order valence-electron chi connectivity index (χ1n) is 10.0. The number of rotatable bonds is 4. The van der Waals surface area contributed by atoms with E-state index in [9.17, 15) is 22.4 Å². The molecular weight excluding hydrogens is 456 g/mol. The van der Waals surface area contributed by atoms with Crippen molar-refractivity contribution in [2.75, 3.05) is 0 Å². The Kier molecular flexibility index (Phi) is 4.84. The maximum atomic E-state index is 13.6. The second-order valence-electron chi connectivity index (χ2n) is 7.66. The summed E-state index contributed by atoms with van der Waals surface area (Å²) in [5.41, 5.74) is 1.12. The van der Waals surface area contributed by atoms with Gasteiger partial charge in [0.25, 0.3) is 5.91 Å². The normalized spacial score (nSPS) is 13.0. The minimum atomic E-state index is -4.57. The summed E-state index contributed by atoms with van der Waals surface area (Å²) in [6, 6.07) is 3.42. The van der Waals surface area contributed by atoms with E-state index in [0.717, 1.165) is 0 Å². The van der Waals surface area contributed by atoms with Crippen LogP contribution in [0.1, 0.15) is 34.8 Å². The maximum absolute atomic E-state index is 13.6. The monoisotopic (exact) mass is 472 g/mol. The van der Waals surface area contributed by atoms with Crippen LogP contribution in [0.3, 0.4) is 0 Å². The van der Waals surface area contributed by atoms with Crippen LogP contribution in [0.4, 0.5) is 17.6 Å². The molecule has 1 unspecified atom stereocenters. The van der Waals surface area contributed by atoms with Gasteiger partial charge in [0, 0.05) is 18.6 Å². The molecule has 13 heteroatoms. The van der Waals surface area contributed by atoms with Crippen molar-refractivity contribution >= 4 is 28.0 Å². The molecule has 5 aromatic rings. The van der Waals surface area contributed by atoms with Gasteiger partial charge in [-0.15, -0.1) is 0 Å². The van der Waals surface area contributed by atoms with Crippen LogP contribution in [-0.2, 0) is 13.2 Å². The van der Waals surface area contributed by atoms with Gasteiger partial charge < -0.3 is 15.3 Å². The molecule has 0 spiro atoms. The summed E-state index contributed by atoms with van der Waals surface area (Å²) >= 11 is 0. The Labute approximate surface area is 188 Å². The number of alkyl halides is 3. The predicted molar refractivity (Wildman–Crippen MR) is 113 cm³/mol. The molecule has 1 aromatic carbocycles. The van der Waals surface area contributed by atoms with E-state index in [-0.39, 0.29) is 16.9 Å². The van der Waals surface area contributed by atoms with Gasteiger partial charge in [0.15, 0.2) is 5.65 Å². The summed E-state index contributed by atoms with van der Waals surface area (Å²) in [7, 11) is 1.67. The molecule has 174 valence electrons. The molecular formula is C21H16F4N8O. The van der Waals surface area contributed by atoms with E-state index >= 15 is 0 Å². The molecule has 0 aliphatic heterocycles. The highest BCUT2D eigenvalue weighted by atomic mass is 19.4. The van der Waals surface area contributed by atoms with Gasteiger partial charge in [0.2, 0.25) is 0 Å². The van der Waals surface area contributed by atoms with Crippen molar-refractivity contribution < 1.29 is 22.4 Å². The lowest BCUT2D eigenvalue weighted by Gasteiger charge is -2.11. The highest BCUT2D eigenvalue weighted by molar-refractivity contribution is 6.05. The van der Waals surface area contributed by atoms with Crippen LogP contribution in [0.25, 0.3) is 33.5 Å². The number of aromatic nitrogens is 7. The third-order valence-corrected chi connectivity index (χ3v) is 5.34. The number of aryl methyl sites for hydroxylation is 1. The molecule has 0 radical (unpaired) electrons. The second kappa shape index (κ2) is 7.64. The van der Waals surface area contributed by atoms with Crippen molar-refractivity contribution in [1.29, 1.82) is 0 Å². The van der Waals surface area contributed by atoms with Crippen molar-refractivity contribution in [2.24, 2.45) is 7.05 Å². The van der Waals surface area contributed by atoms with Crippen LogP contribution >= 0.6 is 0 Å². The topological polar surface area (TPSA) is 117 Å². The molecule has 1 amide bonds. The van der Waals surface area contributed by atoms with Crippen LogP contribution in [-0.4, -0.2) is 40.6 Å². The number of imidazole rings is 1. The van der Waals surface area contributed by atoms with Crippen LogP contribution in [0.2, 0.25) is 0 Å². The van der Waals surface area contributed by atoms with Gasteiger partial charge in [-0.25, -0.2) is 19.3 Å². The fourth-order valence-electron chi connectivity index (χ4n) is 3.64. The van der Waals surface area contributed by atoms with Gasteiger partial charge >= 0.3 is 6.18 Å². The standard InChI is InChI=1S/C21H16F4N8O/c1-9(18-28-8-15(31-18)21(23,24)25)29-20(34)12-6-26-19-17(12)30-13(7-27-19)16-11-4-3-10(22)5-14(11)33(2)32-16/h3-9H,1-2H3,(H,26,27)(H,28,31)(H,29,34). The van der Waals surface area contributed by atoms with E-state index in [1.54, 1.807) is 13.1 Å². The smallest absolute Gasteiger partial charge is 0.344 e. The van der Waals surface area contributed by atoms with Crippen molar-refractivity contribution in [3.8, 4) is 11.4 Å². The van der Waals surface area contributed by atoms with Crippen molar-refractivity contribution in [3.63, 3.8) is 0 Å². The molecule has 0 bridgehead atoms. The minimum absolute atomic E-state index is 0.0422. The molecule has 3 N–H and O–H groups in total. The zero-order valence-electron chi connectivity index (χ0n) is 17.7. The number of benzene rings is 1. The largest absolute Gasteiger partial charge is 0.432 e. The first-order valence-corrected chi connectivity index (χ1v) is 10.0. The van der Waals surface area contributed by atoms with Gasteiger partial charge in [-0.3, -0.25) is 9.48 Å². The van der Waals surface area contributed by atoms with E-state index < -0.39 is 29.6 Å². The first-order chi connectivity index (χ1) is 16.1. The number of aromatic amines is 2. The average molecular weight is 472 g/mol. The molecule has 0 fully saturated rings. The quantitative estimate of drug-likeness (QED) is 0.343. The zero-order valence-corrected chi connectivity index (χ0v) is 17.7. The van der Waals surface area contributed by atoms with Crippen molar-refractivity contribution in [1.82, 2.24) is 40.0 Å². The summed E-state index contributed by atoms with van der Waals surface area (Å²) in [6.45, 7) is 1.50. The summed E-state index contributed by atoms with van der Waals surface area (Å²) in [5, 5.41) is 7.67. The SMILES string of the molecule is CC(NC(=O)c1c[nH]c2ncc(-c3nn(C)c4cc(F)ccc34)nc12)c1ncc(C(F)(F)F)[nH]1. The zero-order chi connectivity index (χ0) is 24.2. The number of hydrogen-bond donors (Lipinski definition) is 3. The van der Waals surface area contributed by atoms with Gasteiger partial charge in [-0.1, -0.05) is 0 Å². The Morgan fingerprint density at radius 2 is 2.00 bits per heavy atom. The van der Waals surface area contributed by atoms with Gasteiger partial charge in [-0.2, -0.15) is 18.3 Å². The third-order valence-electron chi connectivity index (χ3n) is 5.34. The molecule has 0 saturated heterocycles. The van der Waals surface area contributed by atoms with Crippen LogP contribution in [0.15, 0.2) is 36.8 Å². The molecule has 5 rings (SSSR count). The van der Waals surface area contributed by atoms with E-state index in [1.807, 2.05) is 0 Å². The van der Waals surface area contributed by atoms with Crippen molar-refractivity contribution in [3.05, 3.63) is 59.7 Å². The molecule has 1 atom stereocenters. The number of hydrogen-bond acceptors (Lipinski definition) is 5. The lowest BCUT2D eigenvalue weighted by molar-refractivity contribution is -0.140. The van der Waals surface area contributed by atoms with Gasteiger partial charge in [0.1, 0.15) is 34.2 Å².